The highest BCUT2D eigenvalue weighted by Gasteiger charge is 2.34. The van der Waals surface area contributed by atoms with Crippen LogP contribution in [0.25, 0.3) is 6.08 Å². The second-order valence-electron chi connectivity index (χ2n) is 6.86. The molecule has 0 N–H and O–H groups in total. The number of imide groups is 1. The van der Waals surface area contributed by atoms with E-state index in [1.807, 2.05) is 26.0 Å². The molecule has 0 aromatic heterocycles. The molecule has 1 aliphatic rings. The average molecular weight is 480 g/mol. The van der Waals surface area contributed by atoms with Crippen LogP contribution in [-0.2, 0) is 11.4 Å². The molecule has 0 bridgehead atoms. The predicted molar refractivity (Wildman–Crippen MR) is 126 cm³/mol. The third-order valence-corrected chi connectivity index (χ3v) is 6.20. The third kappa shape index (κ3) is 5.97. The van der Waals surface area contributed by atoms with Crippen molar-refractivity contribution in [3.05, 3.63) is 62.5 Å². The highest BCUT2D eigenvalue weighted by Crippen LogP contribution is 2.35. The summed E-state index contributed by atoms with van der Waals surface area (Å²) in [7, 11) is 0. The van der Waals surface area contributed by atoms with Crippen molar-refractivity contribution in [2.45, 2.75) is 33.3 Å². The molecule has 31 heavy (non-hydrogen) atoms. The van der Waals surface area contributed by atoms with Crippen molar-refractivity contribution in [1.29, 1.82) is 0 Å². The second-order valence-corrected chi connectivity index (χ2v) is 8.67. The normalized spacial score (nSPS) is 15.1. The molecule has 1 aliphatic heterocycles. The van der Waals surface area contributed by atoms with E-state index in [-0.39, 0.29) is 11.1 Å². The molecule has 0 atom stereocenters. The lowest BCUT2D eigenvalue weighted by Crippen LogP contribution is -2.29. The number of thioether (sulfide) groups is 1. The molecule has 0 unspecified atom stereocenters. The lowest BCUT2D eigenvalue weighted by molar-refractivity contribution is -0.122. The maximum Gasteiger partial charge on any atom is 0.293 e. The number of carbonyl (C=O) groups is 2. The fraction of sp³-hybridized carbons (Fsp3) is 0.304. The van der Waals surface area contributed by atoms with Crippen LogP contribution < -0.4 is 9.47 Å². The van der Waals surface area contributed by atoms with Crippen LogP contribution in [-0.4, -0.2) is 29.2 Å². The summed E-state index contributed by atoms with van der Waals surface area (Å²) < 4.78 is 11.6. The maximum atomic E-state index is 12.6. The molecule has 3 rings (SSSR count). The number of carbonyl (C=O) groups excluding carboxylic acids is 2. The van der Waals surface area contributed by atoms with Gasteiger partial charge in [-0.1, -0.05) is 48.7 Å². The maximum absolute atomic E-state index is 12.6. The molecule has 5 nitrogen and oxygen atoms in total. The number of benzene rings is 2. The summed E-state index contributed by atoms with van der Waals surface area (Å²) in [4.78, 5) is 26.4. The Balaban J connectivity index is 1.76. The van der Waals surface area contributed by atoms with Gasteiger partial charge in [-0.3, -0.25) is 14.5 Å². The van der Waals surface area contributed by atoms with E-state index in [1.54, 1.807) is 30.3 Å². The quantitative estimate of drug-likeness (QED) is 0.369. The van der Waals surface area contributed by atoms with Gasteiger partial charge in [0.25, 0.3) is 11.1 Å². The third-order valence-electron chi connectivity index (χ3n) is 4.55. The Bertz CT molecular complexity index is 1010. The minimum absolute atomic E-state index is 0.226. The Hall–Kier alpha value is -2.15. The summed E-state index contributed by atoms with van der Waals surface area (Å²) in [6.45, 7) is 5.11. The van der Waals surface area contributed by atoms with E-state index in [0.717, 1.165) is 35.7 Å². The number of rotatable bonds is 9. The van der Waals surface area contributed by atoms with E-state index >= 15 is 0 Å². The summed E-state index contributed by atoms with van der Waals surface area (Å²) in [5.41, 5.74) is 1.63. The Morgan fingerprint density at radius 2 is 1.81 bits per heavy atom. The van der Waals surface area contributed by atoms with Crippen molar-refractivity contribution in [1.82, 2.24) is 4.90 Å². The topological polar surface area (TPSA) is 55.8 Å². The smallest absolute Gasteiger partial charge is 0.293 e. The van der Waals surface area contributed by atoms with Crippen LogP contribution >= 0.6 is 35.0 Å². The van der Waals surface area contributed by atoms with Crippen LogP contribution in [0.15, 0.2) is 41.3 Å². The van der Waals surface area contributed by atoms with Crippen molar-refractivity contribution < 1.29 is 19.1 Å². The predicted octanol–water partition coefficient (Wildman–Crippen LogP) is 6.81. The number of unbranched alkanes of at least 4 members (excludes halogenated alkanes) is 1. The lowest BCUT2D eigenvalue weighted by Gasteiger charge is -2.13. The number of halogens is 2. The molecule has 0 saturated carbocycles. The van der Waals surface area contributed by atoms with Gasteiger partial charge in [-0.15, -0.1) is 0 Å². The zero-order valence-electron chi connectivity index (χ0n) is 17.3. The van der Waals surface area contributed by atoms with E-state index in [9.17, 15) is 9.59 Å². The molecule has 8 heteroatoms. The van der Waals surface area contributed by atoms with Crippen molar-refractivity contribution >= 4 is 52.2 Å². The number of hydrogen-bond acceptors (Lipinski definition) is 5. The van der Waals surface area contributed by atoms with Gasteiger partial charge in [0.15, 0.2) is 11.5 Å². The van der Waals surface area contributed by atoms with Crippen molar-refractivity contribution in [2.75, 3.05) is 13.2 Å². The van der Waals surface area contributed by atoms with E-state index in [0.29, 0.717) is 46.2 Å². The Kier molecular flexibility index (Phi) is 8.29. The fourth-order valence-corrected chi connectivity index (χ4v) is 4.14. The Labute approximate surface area is 196 Å². The SMILES string of the molecule is CCCCN1C(=O)S/C(=C\c2ccc(OCc3ccc(Cl)c(Cl)c3)c(OCC)c2)C1=O. The number of amides is 2. The van der Waals surface area contributed by atoms with Gasteiger partial charge in [0.05, 0.1) is 21.6 Å². The minimum Gasteiger partial charge on any atom is -0.490 e. The Morgan fingerprint density at radius 3 is 2.52 bits per heavy atom. The molecule has 164 valence electrons. The summed E-state index contributed by atoms with van der Waals surface area (Å²) in [6, 6.07) is 10.7. The molecule has 2 aromatic rings. The molecule has 1 saturated heterocycles. The van der Waals surface area contributed by atoms with Gasteiger partial charge in [0.1, 0.15) is 6.61 Å². The first-order valence-corrected chi connectivity index (χ1v) is 11.6. The van der Waals surface area contributed by atoms with Crippen LogP contribution in [0.3, 0.4) is 0 Å². The largest absolute Gasteiger partial charge is 0.490 e. The number of nitrogens with zero attached hydrogens (tertiary/aromatic N) is 1. The second kappa shape index (κ2) is 10.9. The first kappa shape index (κ1) is 23.5. The van der Waals surface area contributed by atoms with E-state index in [4.69, 9.17) is 32.7 Å². The molecule has 2 aromatic carbocycles. The van der Waals surface area contributed by atoms with Crippen LogP contribution in [0.4, 0.5) is 4.79 Å². The van der Waals surface area contributed by atoms with Gasteiger partial charge in [0.2, 0.25) is 0 Å². The molecule has 0 spiro atoms. The van der Waals surface area contributed by atoms with Crippen LogP contribution in [0, 0.1) is 0 Å². The van der Waals surface area contributed by atoms with Gasteiger partial charge >= 0.3 is 0 Å². The number of ether oxygens (including phenoxy) is 2. The fourth-order valence-electron chi connectivity index (χ4n) is 2.95. The average Bonchev–Trinajstić information content (AvgIpc) is 3.01. The lowest BCUT2D eigenvalue weighted by atomic mass is 10.1. The molecule has 0 aliphatic carbocycles. The van der Waals surface area contributed by atoms with Crippen molar-refractivity contribution in [3.8, 4) is 11.5 Å². The minimum atomic E-state index is -0.249. The van der Waals surface area contributed by atoms with E-state index in [2.05, 4.69) is 0 Å². The summed E-state index contributed by atoms with van der Waals surface area (Å²) >= 11 is 13.0. The number of hydrogen-bond donors (Lipinski definition) is 0. The first-order chi connectivity index (χ1) is 14.9. The van der Waals surface area contributed by atoms with Gasteiger partial charge < -0.3 is 9.47 Å². The molecule has 2 amide bonds. The highest BCUT2D eigenvalue weighted by molar-refractivity contribution is 8.18. The molecule has 1 heterocycles. The summed E-state index contributed by atoms with van der Waals surface area (Å²) in [5.74, 6) is 0.879. The summed E-state index contributed by atoms with van der Waals surface area (Å²) in [5, 5.41) is 0.733. The molecular weight excluding hydrogens is 457 g/mol. The van der Waals surface area contributed by atoms with Crippen LogP contribution in [0.2, 0.25) is 10.0 Å². The van der Waals surface area contributed by atoms with Crippen molar-refractivity contribution in [2.24, 2.45) is 0 Å². The molecule has 1 fully saturated rings. The van der Waals surface area contributed by atoms with E-state index in [1.165, 1.54) is 4.90 Å². The van der Waals surface area contributed by atoms with Crippen molar-refractivity contribution in [3.63, 3.8) is 0 Å². The standard InChI is InChI=1S/C23H23Cl2NO4S/c1-3-5-10-26-22(27)21(31-23(26)28)13-15-7-9-19(20(12-15)29-4-2)30-14-16-6-8-17(24)18(25)11-16/h6-9,11-13H,3-5,10,14H2,1-2H3/b21-13-. The van der Waals surface area contributed by atoms with Gasteiger partial charge in [-0.2, -0.15) is 0 Å². The van der Waals surface area contributed by atoms with Gasteiger partial charge in [0, 0.05) is 6.54 Å². The van der Waals surface area contributed by atoms with Gasteiger partial charge in [-0.25, -0.2) is 0 Å². The zero-order valence-corrected chi connectivity index (χ0v) is 19.6. The molecular formula is C23H23Cl2NO4S. The summed E-state index contributed by atoms with van der Waals surface area (Å²) in [6.07, 6.45) is 3.43. The first-order valence-electron chi connectivity index (χ1n) is 10.0. The highest BCUT2D eigenvalue weighted by atomic mass is 35.5. The molecule has 0 radical (unpaired) electrons. The van der Waals surface area contributed by atoms with Crippen LogP contribution in [0.5, 0.6) is 11.5 Å². The zero-order chi connectivity index (χ0) is 22.4. The Morgan fingerprint density at radius 1 is 1.00 bits per heavy atom. The van der Waals surface area contributed by atoms with Crippen LogP contribution in [0.1, 0.15) is 37.8 Å². The van der Waals surface area contributed by atoms with Gasteiger partial charge in [-0.05, 0) is 66.6 Å². The monoisotopic (exact) mass is 479 g/mol. The van der Waals surface area contributed by atoms with E-state index < -0.39 is 0 Å².